The number of nitrogens with zero attached hydrogens (tertiary/aromatic N) is 3. The fourth-order valence-electron chi connectivity index (χ4n) is 2.48. The summed E-state index contributed by atoms with van der Waals surface area (Å²) >= 11 is 0. The summed E-state index contributed by atoms with van der Waals surface area (Å²) in [4.78, 5) is 14.0. The molecule has 162 valence electrons. The minimum atomic E-state index is -4.77. The smallest absolute Gasteiger partial charge is 0.406 e. The van der Waals surface area contributed by atoms with Crippen molar-refractivity contribution < 1.29 is 22.7 Å². The van der Waals surface area contributed by atoms with Gasteiger partial charge in [-0.25, -0.2) is 4.79 Å². The molecule has 3 aromatic rings. The summed E-state index contributed by atoms with van der Waals surface area (Å²) in [5, 5.41) is 16.2. The van der Waals surface area contributed by atoms with Crippen molar-refractivity contribution in [2.24, 2.45) is 0 Å². The molecule has 0 unspecified atom stereocenters. The van der Waals surface area contributed by atoms with Gasteiger partial charge in [-0.05, 0) is 48.5 Å². The van der Waals surface area contributed by atoms with Crippen molar-refractivity contribution in [1.29, 1.82) is 0 Å². The van der Waals surface area contributed by atoms with E-state index >= 15 is 0 Å². The monoisotopic (exact) mass is 432 g/mol. The highest BCUT2D eigenvalue weighted by Gasteiger charge is 2.30. The van der Waals surface area contributed by atoms with Gasteiger partial charge in [0.1, 0.15) is 5.75 Å². The lowest BCUT2D eigenvalue weighted by molar-refractivity contribution is -0.274. The van der Waals surface area contributed by atoms with Crippen LogP contribution < -0.4 is 25.6 Å². The van der Waals surface area contributed by atoms with Gasteiger partial charge in [-0.15, -0.1) is 18.3 Å². The molecule has 0 spiro atoms. The number of benzene rings is 2. The zero-order valence-electron chi connectivity index (χ0n) is 16.6. The van der Waals surface area contributed by atoms with E-state index in [2.05, 4.69) is 30.9 Å². The van der Waals surface area contributed by atoms with Crippen molar-refractivity contribution in [3.8, 4) is 5.75 Å². The molecule has 1 aromatic heterocycles. The summed E-state index contributed by atoms with van der Waals surface area (Å²) in [6.07, 6.45) is -3.12. The van der Waals surface area contributed by atoms with E-state index in [0.29, 0.717) is 17.2 Å². The highest BCUT2D eigenvalue weighted by molar-refractivity contribution is 5.99. The van der Waals surface area contributed by atoms with E-state index in [1.54, 1.807) is 30.5 Å². The number of alkyl halides is 3. The van der Waals surface area contributed by atoms with Gasteiger partial charge in [-0.3, -0.25) is 0 Å². The molecule has 0 fully saturated rings. The molecule has 8 nitrogen and oxygen atoms in total. The molecule has 3 rings (SSSR count). The van der Waals surface area contributed by atoms with E-state index in [1.165, 1.54) is 12.1 Å². The van der Waals surface area contributed by atoms with Gasteiger partial charge < -0.3 is 25.6 Å². The topological polar surface area (TPSA) is 91.4 Å². The number of carbonyl (C=O) groups excluding carboxylic acids is 1. The maximum absolute atomic E-state index is 12.2. The van der Waals surface area contributed by atoms with E-state index < -0.39 is 12.4 Å². The van der Waals surface area contributed by atoms with Crippen molar-refractivity contribution >= 4 is 34.6 Å². The summed E-state index contributed by atoms with van der Waals surface area (Å²) in [7, 11) is 3.80. The van der Waals surface area contributed by atoms with Gasteiger partial charge in [0, 0.05) is 37.2 Å². The van der Waals surface area contributed by atoms with E-state index in [9.17, 15) is 18.0 Å². The Bertz CT molecular complexity index is 1020. The number of hydrogen-bond donors (Lipinski definition) is 3. The van der Waals surface area contributed by atoms with E-state index in [1.807, 2.05) is 25.1 Å². The molecule has 1 heterocycles. The number of amides is 2. The maximum atomic E-state index is 12.2. The zero-order valence-corrected chi connectivity index (χ0v) is 16.6. The third-order valence-corrected chi connectivity index (χ3v) is 3.92. The number of nitrogens with one attached hydrogen (secondary N) is 3. The molecule has 0 radical (unpaired) electrons. The molecule has 0 aliphatic carbocycles. The Morgan fingerprint density at radius 3 is 2.03 bits per heavy atom. The second-order valence-corrected chi connectivity index (χ2v) is 6.55. The molecule has 31 heavy (non-hydrogen) atoms. The second kappa shape index (κ2) is 9.20. The Kier molecular flexibility index (Phi) is 6.43. The molecule has 0 bridgehead atoms. The largest absolute Gasteiger partial charge is 0.573 e. The van der Waals surface area contributed by atoms with Crippen LogP contribution in [0.3, 0.4) is 0 Å². The highest BCUT2D eigenvalue weighted by atomic mass is 19.4. The third kappa shape index (κ3) is 6.77. The van der Waals surface area contributed by atoms with Crippen LogP contribution in [0, 0.1) is 0 Å². The van der Waals surface area contributed by atoms with Crippen LogP contribution in [0.5, 0.6) is 5.75 Å². The van der Waals surface area contributed by atoms with Crippen LogP contribution in [0.25, 0.3) is 0 Å². The number of hydrogen-bond acceptors (Lipinski definition) is 6. The lowest BCUT2D eigenvalue weighted by Crippen LogP contribution is -2.19. The lowest BCUT2D eigenvalue weighted by atomic mass is 10.2. The van der Waals surface area contributed by atoms with E-state index in [4.69, 9.17) is 0 Å². The van der Waals surface area contributed by atoms with E-state index in [0.717, 1.165) is 23.5 Å². The van der Waals surface area contributed by atoms with Crippen LogP contribution in [-0.2, 0) is 0 Å². The van der Waals surface area contributed by atoms with Gasteiger partial charge in [-0.1, -0.05) is 0 Å². The molecule has 0 aliphatic heterocycles. The van der Waals surface area contributed by atoms with Gasteiger partial charge in [0.25, 0.3) is 0 Å². The lowest BCUT2D eigenvalue weighted by Gasteiger charge is -2.13. The average Bonchev–Trinajstić information content (AvgIpc) is 2.70. The number of urea groups is 1. The fourth-order valence-corrected chi connectivity index (χ4v) is 2.48. The summed E-state index contributed by atoms with van der Waals surface area (Å²) in [5.41, 5.74) is 2.47. The molecule has 0 atom stereocenters. The van der Waals surface area contributed by atoms with Gasteiger partial charge in [0.05, 0.1) is 11.9 Å². The molecule has 11 heteroatoms. The summed E-state index contributed by atoms with van der Waals surface area (Å²) in [6, 6.07) is 13.0. The number of anilines is 5. The molecule has 3 N–H and O–H groups in total. The fraction of sp³-hybridized carbons (Fsp3) is 0.150. The number of aromatic nitrogens is 2. The molecule has 2 aromatic carbocycles. The zero-order chi connectivity index (χ0) is 22.4. The van der Waals surface area contributed by atoms with Crippen LogP contribution in [0.2, 0.25) is 0 Å². The number of halogens is 3. The van der Waals surface area contributed by atoms with Crippen LogP contribution in [0.15, 0.2) is 60.8 Å². The normalized spacial score (nSPS) is 10.9. The van der Waals surface area contributed by atoms with Gasteiger partial charge in [0.15, 0.2) is 5.82 Å². The predicted molar refractivity (Wildman–Crippen MR) is 112 cm³/mol. The Morgan fingerprint density at radius 2 is 1.48 bits per heavy atom. The average molecular weight is 432 g/mol. The summed E-state index contributed by atoms with van der Waals surface area (Å²) in [6.45, 7) is 0. The summed E-state index contributed by atoms with van der Waals surface area (Å²) < 4.78 is 40.3. The Hall–Kier alpha value is -4.02. The number of rotatable bonds is 6. The third-order valence-electron chi connectivity index (χ3n) is 3.92. The standard InChI is InChI=1S/C20H19F3N6O2/c1-29(2)16-11-18(28-24-12-16)25-13-3-5-14(6-4-13)26-19(30)27-15-7-9-17(10-8-15)31-20(21,22)23/h3-12H,1-2H3,(H,25,28)(H2,26,27,30). The molecule has 0 saturated heterocycles. The summed E-state index contributed by atoms with van der Waals surface area (Å²) in [5.74, 6) is 0.199. The SMILES string of the molecule is CN(C)c1cnnc(Nc2ccc(NC(=O)Nc3ccc(OC(F)(F)F)cc3)cc2)c1. The van der Waals surface area contributed by atoms with Crippen LogP contribution in [0.1, 0.15) is 0 Å². The van der Waals surface area contributed by atoms with Gasteiger partial charge >= 0.3 is 12.4 Å². The second-order valence-electron chi connectivity index (χ2n) is 6.55. The van der Waals surface area contributed by atoms with Crippen molar-refractivity contribution in [3.05, 3.63) is 60.8 Å². The molecule has 2 amide bonds. The van der Waals surface area contributed by atoms with Gasteiger partial charge in [0.2, 0.25) is 0 Å². The first-order valence-electron chi connectivity index (χ1n) is 8.99. The van der Waals surface area contributed by atoms with Crippen molar-refractivity contribution in [1.82, 2.24) is 10.2 Å². The van der Waals surface area contributed by atoms with Crippen molar-refractivity contribution in [2.45, 2.75) is 6.36 Å². The Morgan fingerprint density at radius 1 is 0.935 bits per heavy atom. The van der Waals surface area contributed by atoms with Crippen LogP contribution >= 0.6 is 0 Å². The first-order valence-corrected chi connectivity index (χ1v) is 8.99. The number of ether oxygens (including phenoxy) is 1. The minimum absolute atomic E-state index is 0.310. The predicted octanol–water partition coefficient (Wildman–Crippen LogP) is 4.83. The maximum Gasteiger partial charge on any atom is 0.573 e. The van der Waals surface area contributed by atoms with E-state index in [-0.39, 0.29) is 5.75 Å². The molecular formula is C20H19F3N6O2. The Labute approximate surface area is 176 Å². The quantitative estimate of drug-likeness (QED) is 0.517. The molecular weight excluding hydrogens is 413 g/mol. The van der Waals surface area contributed by atoms with Crippen molar-refractivity contribution in [3.63, 3.8) is 0 Å². The van der Waals surface area contributed by atoms with Crippen LogP contribution in [-0.4, -0.2) is 36.7 Å². The highest BCUT2D eigenvalue weighted by Crippen LogP contribution is 2.24. The minimum Gasteiger partial charge on any atom is -0.406 e. The molecule has 0 aliphatic rings. The first-order chi connectivity index (χ1) is 14.7. The van der Waals surface area contributed by atoms with Gasteiger partial charge in [-0.2, -0.15) is 5.10 Å². The van der Waals surface area contributed by atoms with Crippen LogP contribution in [0.4, 0.5) is 46.5 Å². The molecule has 0 saturated carbocycles. The number of carbonyl (C=O) groups is 1. The Balaban J connectivity index is 1.54. The van der Waals surface area contributed by atoms with Crippen molar-refractivity contribution in [2.75, 3.05) is 34.9 Å². The first kappa shape index (κ1) is 21.7.